The summed E-state index contributed by atoms with van der Waals surface area (Å²) in [5.74, 6) is 0.194. The first-order valence-electron chi connectivity index (χ1n) is 15.2. The molecule has 0 saturated carbocycles. The summed E-state index contributed by atoms with van der Waals surface area (Å²) in [6.07, 6.45) is 0.861. The summed E-state index contributed by atoms with van der Waals surface area (Å²) < 4.78 is 25.7. The highest BCUT2D eigenvalue weighted by atomic mass is 28.4. The minimum Gasteiger partial charge on any atom is -0.491 e. The zero-order valence-electron chi connectivity index (χ0n) is 28.5. The highest BCUT2D eigenvalue weighted by molar-refractivity contribution is 6.74. The normalized spacial score (nSPS) is 13.2. The van der Waals surface area contributed by atoms with E-state index in [1.807, 2.05) is 58.9 Å². The smallest absolute Gasteiger partial charge is 0.410 e. The Morgan fingerprint density at radius 3 is 2.34 bits per heavy atom. The number of pyridine rings is 1. The predicted molar refractivity (Wildman–Crippen MR) is 176 cm³/mol. The highest BCUT2D eigenvalue weighted by Crippen LogP contribution is 2.37. The third-order valence-electron chi connectivity index (χ3n) is 7.57. The van der Waals surface area contributed by atoms with Crippen molar-refractivity contribution in [3.8, 4) is 17.0 Å². The molecule has 0 aliphatic heterocycles. The van der Waals surface area contributed by atoms with E-state index in [4.69, 9.17) is 23.6 Å². The molecule has 0 fully saturated rings. The van der Waals surface area contributed by atoms with Gasteiger partial charge in [0.05, 0.1) is 42.1 Å². The van der Waals surface area contributed by atoms with Crippen molar-refractivity contribution in [2.45, 2.75) is 98.2 Å². The maximum atomic E-state index is 12.9. The van der Waals surface area contributed by atoms with Crippen molar-refractivity contribution >= 4 is 31.4 Å². The number of amides is 1. The quantitative estimate of drug-likeness (QED) is 0.159. The summed E-state index contributed by atoms with van der Waals surface area (Å²) in [5, 5.41) is 5.09. The lowest BCUT2D eigenvalue weighted by molar-refractivity contribution is 0.0172. The van der Waals surface area contributed by atoms with Crippen LogP contribution in [0.2, 0.25) is 18.1 Å². The first kappa shape index (κ1) is 35.0. The summed E-state index contributed by atoms with van der Waals surface area (Å²) >= 11 is 0. The summed E-state index contributed by atoms with van der Waals surface area (Å²) in [5.41, 5.74) is 1.80. The van der Waals surface area contributed by atoms with Crippen LogP contribution in [0.1, 0.15) is 78.7 Å². The maximum absolute atomic E-state index is 12.9. The Hall–Kier alpha value is -3.44. The molecule has 1 atom stereocenters. The number of ether oxygens (including phenoxy) is 3. The average Bonchev–Trinajstić information content (AvgIpc) is 3.34. The lowest BCUT2D eigenvalue weighted by atomic mass is 10.1. The van der Waals surface area contributed by atoms with Crippen LogP contribution in [0.15, 0.2) is 36.5 Å². The van der Waals surface area contributed by atoms with Gasteiger partial charge in [-0.3, -0.25) is 0 Å². The number of aromatic nitrogens is 3. The Kier molecular flexibility index (Phi) is 10.9. The molecular formula is C33H50N4O6Si. The van der Waals surface area contributed by atoms with Crippen LogP contribution in [0.4, 0.5) is 4.79 Å². The van der Waals surface area contributed by atoms with Crippen LogP contribution in [0.25, 0.3) is 22.3 Å². The van der Waals surface area contributed by atoms with E-state index >= 15 is 0 Å². The molecular weight excluding hydrogens is 576 g/mol. The van der Waals surface area contributed by atoms with Gasteiger partial charge in [0.25, 0.3) is 0 Å². The minimum absolute atomic E-state index is 0.0287. The molecule has 0 bridgehead atoms. The number of hydrogen-bond donors (Lipinski definition) is 0. The van der Waals surface area contributed by atoms with Crippen LogP contribution in [0.5, 0.6) is 5.75 Å². The number of hydrogen-bond acceptors (Lipinski definition) is 8. The summed E-state index contributed by atoms with van der Waals surface area (Å²) in [4.78, 5) is 32.1. The monoisotopic (exact) mass is 626 g/mol. The second-order valence-corrected chi connectivity index (χ2v) is 18.7. The van der Waals surface area contributed by atoms with Crippen LogP contribution in [0.3, 0.4) is 0 Å². The number of carbonyl (C=O) groups is 2. The predicted octanol–water partition coefficient (Wildman–Crippen LogP) is 7.49. The summed E-state index contributed by atoms with van der Waals surface area (Å²) in [7, 11) is -0.487. The zero-order chi connectivity index (χ0) is 33.0. The van der Waals surface area contributed by atoms with Gasteiger partial charge in [0.2, 0.25) is 0 Å². The lowest BCUT2D eigenvalue weighted by Gasteiger charge is -2.40. The Morgan fingerprint density at radius 1 is 1.07 bits per heavy atom. The van der Waals surface area contributed by atoms with Crippen LogP contribution >= 0.6 is 0 Å². The van der Waals surface area contributed by atoms with E-state index in [0.29, 0.717) is 34.6 Å². The van der Waals surface area contributed by atoms with Crippen molar-refractivity contribution < 1.29 is 28.2 Å². The number of esters is 1. The largest absolute Gasteiger partial charge is 0.491 e. The van der Waals surface area contributed by atoms with Crippen molar-refractivity contribution in [2.75, 3.05) is 26.8 Å². The molecule has 0 saturated heterocycles. The molecule has 0 N–H and O–H groups in total. The summed E-state index contributed by atoms with van der Waals surface area (Å²) in [6, 6.07) is 9.36. The van der Waals surface area contributed by atoms with Crippen molar-refractivity contribution in [3.05, 3.63) is 42.1 Å². The van der Waals surface area contributed by atoms with E-state index in [0.717, 1.165) is 5.56 Å². The highest BCUT2D eigenvalue weighted by Gasteiger charge is 2.40. The van der Waals surface area contributed by atoms with E-state index in [1.54, 1.807) is 30.9 Å². The average molecular weight is 627 g/mol. The standard InChI is InChI=1S/C33H50N4O6Si/c1-13-40-30(38)26-18-28(35-29-27(26)19-34-37(29)22(2)3)23-15-14-16-24(17-23)41-21-25(43-44(11,12)33(7,8)9)20-36(10)31(39)42-32(4,5)6/h14-19,22,25H,13,20-21H2,1-12H3. The fourth-order valence-electron chi connectivity index (χ4n) is 4.29. The van der Waals surface area contributed by atoms with Crippen LogP contribution in [-0.2, 0) is 13.9 Å². The molecule has 2 aromatic heterocycles. The second kappa shape index (κ2) is 13.7. The van der Waals surface area contributed by atoms with Gasteiger partial charge in [0.15, 0.2) is 14.0 Å². The molecule has 10 nitrogen and oxygen atoms in total. The minimum atomic E-state index is -2.20. The van der Waals surface area contributed by atoms with Crippen LogP contribution < -0.4 is 4.74 Å². The Balaban J connectivity index is 1.92. The number of fused-ring (bicyclic) bond motifs is 1. The number of nitrogens with zero attached hydrogens (tertiary/aromatic N) is 4. The van der Waals surface area contributed by atoms with Crippen LogP contribution in [-0.4, -0.2) is 78.6 Å². The molecule has 3 aromatic rings. The fraction of sp³-hybridized carbons (Fsp3) is 0.576. The SMILES string of the molecule is CCOC(=O)c1cc(-c2cccc(OCC(CN(C)C(=O)OC(C)(C)C)O[Si](C)(C)C(C)(C)C)c2)nc2c1cnn2C(C)C. The molecule has 2 heterocycles. The molecule has 1 unspecified atom stereocenters. The number of rotatable bonds is 11. The number of benzene rings is 1. The van der Waals surface area contributed by atoms with Crippen molar-refractivity contribution in [1.82, 2.24) is 19.7 Å². The molecule has 242 valence electrons. The van der Waals surface area contributed by atoms with Gasteiger partial charge in [-0.25, -0.2) is 19.3 Å². The van der Waals surface area contributed by atoms with E-state index < -0.39 is 26.0 Å². The van der Waals surface area contributed by atoms with Gasteiger partial charge in [-0.05, 0) is 77.9 Å². The molecule has 3 rings (SSSR count). The first-order chi connectivity index (χ1) is 20.3. The third-order valence-corrected chi connectivity index (χ3v) is 12.1. The van der Waals surface area contributed by atoms with Gasteiger partial charge in [-0.1, -0.05) is 32.9 Å². The van der Waals surface area contributed by atoms with Crippen LogP contribution in [0, 0.1) is 0 Å². The van der Waals surface area contributed by atoms with Gasteiger partial charge in [0, 0.05) is 18.7 Å². The van der Waals surface area contributed by atoms with Gasteiger partial charge >= 0.3 is 12.1 Å². The molecule has 0 aliphatic carbocycles. The molecule has 0 spiro atoms. The van der Waals surface area contributed by atoms with Gasteiger partial charge < -0.3 is 23.5 Å². The number of carbonyl (C=O) groups excluding carboxylic acids is 2. The Bertz CT molecular complexity index is 1450. The fourth-order valence-corrected chi connectivity index (χ4v) is 5.62. The van der Waals surface area contributed by atoms with Crippen molar-refractivity contribution in [1.29, 1.82) is 0 Å². The third kappa shape index (κ3) is 8.81. The molecule has 44 heavy (non-hydrogen) atoms. The zero-order valence-corrected chi connectivity index (χ0v) is 29.5. The lowest BCUT2D eigenvalue weighted by Crippen LogP contribution is -2.49. The molecule has 0 radical (unpaired) electrons. The molecule has 1 amide bonds. The van der Waals surface area contributed by atoms with E-state index in [2.05, 4.69) is 39.0 Å². The number of likely N-dealkylation sites (N-methyl/N-ethyl adjacent to an activating group) is 1. The van der Waals surface area contributed by atoms with Gasteiger partial charge in [0.1, 0.15) is 18.0 Å². The molecule has 1 aromatic carbocycles. The Labute approximate surface area is 263 Å². The van der Waals surface area contributed by atoms with E-state index in [-0.39, 0.29) is 30.4 Å². The summed E-state index contributed by atoms with van der Waals surface area (Å²) in [6.45, 7) is 23.0. The van der Waals surface area contributed by atoms with Gasteiger partial charge in [-0.15, -0.1) is 0 Å². The Morgan fingerprint density at radius 2 is 1.75 bits per heavy atom. The van der Waals surface area contributed by atoms with Crippen molar-refractivity contribution in [2.24, 2.45) is 0 Å². The molecule has 11 heteroatoms. The van der Waals surface area contributed by atoms with E-state index in [1.165, 1.54) is 4.90 Å². The second-order valence-electron chi connectivity index (χ2n) is 13.9. The maximum Gasteiger partial charge on any atom is 0.410 e. The first-order valence-corrected chi connectivity index (χ1v) is 18.1. The van der Waals surface area contributed by atoms with Crippen molar-refractivity contribution in [3.63, 3.8) is 0 Å². The molecule has 0 aliphatic rings. The topological polar surface area (TPSA) is 105 Å². The van der Waals surface area contributed by atoms with Gasteiger partial charge in [-0.2, -0.15) is 5.10 Å². The van der Waals surface area contributed by atoms with E-state index in [9.17, 15) is 9.59 Å².